The summed E-state index contributed by atoms with van der Waals surface area (Å²) in [6, 6.07) is 12.6. The number of rotatable bonds is 4. The van der Waals surface area contributed by atoms with Gasteiger partial charge >= 0.3 is 0 Å². The second kappa shape index (κ2) is 6.98. The van der Waals surface area contributed by atoms with E-state index in [4.69, 9.17) is 23.2 Å². The molecule has 0 radical (unpaired) electrons. The highest BCUT2D eigenvalue weighted by Crippen LogP contribution is 2.22. The van der Waals surface area contributed by atoms with E-state index in [-0.39, 0.29) is 12.5 Å². The smallest absolute Gasteiger partial charge is 0.246 e. The largest absolute Gasteiger partial charge is 0.324 e. The van der Waals surface area contributed by atoms with Crippen LogP contribution in [0.5, 0.6) is 0 Å². The van der Waals surface area contributed by atoms with Gasteiger partial charge in [-0.15, -0.1) is 5.10 Å². The van der Waals surface area contributed by atoms with E-state index in [2.05, 4.69) is 20.8 Å². The Hall–Kier alpha value is -2.44. The maximum absolute atomic E-state index is 12.2. The zero-order valence-corrected chi connectivity index (χ0v) is 14.2. The Morgan fingerprint density at radius 3 is 2.46 bits per heavy atom. The first-order valence-electron chi connectivity index (χ1n) is 7.10. The molecule has 1 N–H and O–H groups in total. The van der Waals surface area contributed by atoms with Gasteiger partial charge in [-0.3, -0.25) is 4.79 Å². The number of nitrogens with zero attached hydrogens (tertiary/aromatic N) is 4. The first-order chi connectivity index (χ1) is 11.5. The Morgan fingerprint density at radius 2 is 1.79 bits per heavy atom. The fraction of sp³-hybridized carbons (Fsp3) is 0.125. The molecule has 0 unspecified atom stereocenters. The number of aromatic nitrogens is 4. The normalized spacial score (nSPS) is 10.6. The molecule has 1 heterocycles. The lowest BCUT2D eigenvalue weighted by Gasteiger charge is -2.08. The quantitative estimate of drug-likeness (QED) is 0.770. The average Bonchev–Trinajstić information content (AvgIpc) is 2.94. The summed E-state index contributed by atoms with van der Waals surface area (Å²) in [4.78, 5) is 12.2. The molecule has 0 atom stereocenters. The number of aryl methyl sites for hydroxylation is 1. The van der Waals surface area contributed by atoms with E-state index in [9.17, 15) is 4.79 Å². The van der Waals surface area contributed by atoms with Crippen molar-refractivity contribution in [3.63, 3.8) is 0 Å². The Balaban J connectivity index is 1.76. The molecule has 0 saturated heterocycles. The van der Waals surface area contributed by atoms with Crippen LogP contribution in [0.4, 0.5) is 5.69 Å². The van der Waals surface area contributed by atoms with E-state index in [1.54, 1.807) is 18.2 Å². The van der Waals surface area contributed by atoms with Crippen LogP contribution in [0.3, 0.4) is 0 Å². The molecule has 6 nitrogen and oxygen atoms in total. The van der Waals surface area contributed by atoms with Gasteiger partial charge in [-0.25, -0.2) is 4.68 Å². The number of hydrogen-bond acceptors (Lipinski definition) is 4. The number of amides is 1. The van der Waals surface area contributed by atoms with Crippen molar-refractivity contribution in [2.24, 2.45) is 0 Å². The van der Waals surface area contributed by atoms with Gasteiger partial charge in [0.05, 0.1) is 0 Å². The van der Waals surface area contributed by atoms with E-state index in [1.165, 1.54) is 4.68 Å². The summed E-state index contributed by atoms with van der Waals surface area (Å²) in [5.41, 5.74) is 2.49. The zero-order valence-electron chi connectivity index (χ0n) is 12.7. The van der Waals surface area contributed by atoms with Crippen molar-refractivity contribution in [1.29, 1.82) is 0 Å². The van der Waals surface area contributed by atoms with Crippen molar-refractivity contribution in [3.8, 4) is 11.4 Å². The molecular formula is C16H13Cl2N5O. The van der Waals surface area contributed by atoms with Gasteiger partial charge in [0.2, 0.25) is 5.91 Å². The molecule has 0 aliphatic carbocycles. The molecule has 122 valence electrons. The summed E-state index contributed by atoms with van der Waals surface area (Å²) in [6.07, 6.45) is 0. The number of benzene rings is 2. The van der Waals surface area contributed by atoms with Gasteiger partial charge in [0.15, 0.2) is 5.82 Å². The van der Waals surface area contributed by atoms with Crippen LogP contribution < -0.4 is 5.32 Å². The summed E-state index contributed by atoms with van der Waals surface area (Å²) < 4.78 is 1.44. The van der Waals surface area contributed by atoms with Crippen LogP contribution >= 0.6 is 23.2 Å². The van der Waals surface area contributed by atoms with Gasteiger partial charge in [0.25, 0.3) is 0 Å². The molecule has 0 aliphatic heterocycles. The van der Waals surface area contributed by atoms with E-state index >= 15 is 0 Å². The second-order valence-corrected chi connectivity index (χ2v) is 6.11. The van der Waals surface area contributed by atoms with Crippen LogP contribution in [0.25, 0.3) is 11.4 Å². The van der Waals surface area contributed by atoms with E-state index in [0.717, 1.165) is 11.1 Å². The molecule has 0 spiro atoms. The molecule has 0 bridgehead atoms. The lowest BCUT2D eigenvalue weighted by molar-refractivity contribution is -0.116. The molecular weight excluding hydrogens is 349 g/mol. The van der Waals surface area contributed by atoms with Gasteiger partial charge in [-0.1, -0.05) is 53.0 Å². The standard InChI is InChI=1S/C16H13Cl2N5O/c1-10-2-4-11(5-3-10)16-20-21-22-23(16)9-15(24)19-14-7-12(17)6-13(18)8-14/h2-8H,9H2,1H3,(H,19,24). The number of tetrazole rings is 1. The topological polar surface area (TPSA) is 72.7 Å². The summed E-state index contributed by atoms with van der Waals surface area (Å²) in [6.45, 7) is 1.97. The Labute approximate surface area is 148 Å². The lowest BCUT2D eigenvalue weighted by Crippen LogP contribution is -2.20. The maximum Gasteiger partial charge on any atom is 0.246 e. The number of hydrogen-bond donors (Lipinski definition) is 1. The SMILES string of the molecule is Cc1ccc(-c2nnnn2CC(=O)Nc2cc(Cl)cc(Cl)c2)cc1. The maximum atomic E-state index is 12.2. The molecule has 3 rings (SSSR count). The third-order valence-corrected chi connectivity index (χ3v) is 3.72. The number of carbonyl (C=O) groups is 1. The second-order valence-electron chi connectivity index (χ2n) is 5.23. The van der Waals surface area contributed by atoms with E-state index < -0.39 is 0 Å². The van der Waals surface area contributed by atoms with Crippen molar-refractivity contribution in [2.75, 3.05) is 5.32 Å². The highest BCUT2D eigenvalue weighted by molar-refractivity contribution is 6.35. The predicted octanol–water partition coefficient (Wildman–Crippen LogP) is 3.59. The molecule has 24 heavy (non-hydrogen) atoms. The lowest BCUT2D eigenvalue weighted by atomic mass is 10.1. The molecule has 2 aromatic carbocycles. The van der Waals surface area contributed by atoms with Crippen molar-refractivity contribution in [1.82, 2.24) is 20.2 Å². The monoisotopic (exact) mass is 361 g/mol. The molecule has 8 heteroatoms. The average molecular weight is 362 g/mol. The van der Waals surface area contributed by atoms with Crippen LogP contribution in [0, 0.1) is 6.92 Å². The highest BCUT2D eigenvalue weighted by Gasteiger charge is 2.13. The third kappa shape index (κ3) is 3.90. The molecule has 0 saturated carbocycles. The van der Waals surface area contributed by atoms with Crippen molar-refractivity contribution < 1.29 is 4.79 Å². The Kier molecular flexibility index (Phi) is 4.78. The first kappa shape index (κ1) is 16.4. The minimum atomic E-state index is -0.283. The number of halogens is 2. The predicted molar refractivity (Wildman–Crippen MR) is 93.1 cm³/mol. The molecule has 1 aromatic heterocycles. The van der Waals surface area contributed by atoms with Crippen LogP contribution in [-0.4, -0.2) is 26.1 Å². The third-order valence-electron chi connectivity index (χ3n) is 3.28. The minimum Gasteiger partial charge on any atom is -0.324 e. The summed E-state index contributed by atoms with van der Waals surface area (Å²) in [7, 11) is 0. The van der Waals surface area contributed by atoms with Gasteiger partial charge in [0, 0.05) is 21.3 Å². The van der Waals surface area contributed by atoms with Crippen molar-refractivity contribution in [3.05, 3.63) is 58.1 Å². The fourth-order valence-corrected chi connectivity index (χ4v) is 2.71. The summed E-state index contributed by atoms with van der Waals surface area (Å²) in [5, 5.41) is 15.1. The summed E-state index contributed by atoms with van der Waals surface area (Å²) >= 11 is 11.8. The number of anilines is 1. The molecule has 3 aromatic rings. The molecule has 0 aliphatic rings. The van der Waals surface area contributed by atoms with Crippen LogP contribution in [-0.2, 0) is 11.3 Å². The molecule has 1 amide bonds. The minimum absolute atomic E-state index is 0.0274. The highest BCUT2D eigenvalue weighted by atomic mass is 35.5. The van der Waals surface area contributed by atoms with Crippen LogP contribution in [0.2, 0.25) is 10.0 Å². The van der Waals surface area contributed by atoms with Gasteiger partial charge in [-0.05, 0) is 35.5 Å². The fourth-order valence-electron chi connectivity index (χ4n) is 2.18. The number of nitrogens with one attached hydrogen (secondary N) is 1. The Bertz CT molecular complexity index is 856. The van der Waals surface area contributed by atoms with E-state index in [1.807, 2.05) is 31.2 Å². The number of carbonyl (C=O) groups excluding carboxylic acids is 1. The van der Waals surface area contributed by atoms with Crippen LogP contribution in [0.1, 0.15) is 5.56 Å². The Morgan fingerprint density at radius 1 is 1.12 bits per heavy atom. The first-order valence-corrected chi connectivity index (χ1v) is 7.86. The van der Waals surface area contributed by atoms with E-state index in [0.29, 0.717) is 21.6 Å². The van der Waals surface area contributed by atoms with Crippen LogP contribution in [0.15, 0.2) is 42.5 Å². The van der Waals surface area contributed by atoms with Crippen molar-refractivity contribution >= 4 is 34.8 Å². The van der Waals surface area contributed by atoms with Gasteiger partial charge in [-0.2, -0.15) is 0 Å². The molecule has 0 fully saturated rings. The summed E-state index contributed by atoms with van der Waals surface area (Å²) in [5.74, 6) is 0.239. The van der Waals surface area contributed by atoms with Crippen molar-refractivity contribution in [2.45, 2.75) is 13.5 Å². The van der Waals surface area contributed by atoms with Gasteiger partial charge < -0.3 is 5.32 Å². The van der Waals surface area contributed by atoms with Gasteiger partial charge in [0.1, 0.15) is 6.54 Å². The zero-order chi connectivity index (χ0) is 17.1.